The largest absolute Gasteiger partial charge is 0.354 e. The van der Waals surface area contributed by atoms with Gasteiger partial charge in [0.1, 0.15) is 6.04 Å². The minimum atomic E-state index is -0.590. The normalized spacial score (nSPS) is 15.2. The quantitative estimate of drug-likeness (QED) is 0.794. The molecule has 1 heterocycles. The topological polar surface area (TPSA) is 78.5 Å². The SMILES string of the molecule is CCCNC(=O)[C@@H](C)NC(=O)c1cccc(CN2CCCC2=O)c1. The first-order valence-electron chi connectivity index (χ1n) is 8.46. The summed E-state index contributed by atoms with van der Waals surface area (Å²) in [6, 6.07) is 6.60. The monoisotopic (exact) mass is 331 g/mol. The van der Waals surface area contributed by atoms with E-state index in [1.165, 1.54) is 0 Å². The number of amides is 3. The lowest BCUT2D eigenvalue weighted by Gasteiger charge is -2.17. The molecule has 0 bridgehead atoms. The highest BCUT2D eigenvalue weighted by atomic mass is 16.2. The van der Waals surface area contributed by atoms with Crippen molar-refractivity contribution in [3.05, 3.63) is 35.4 Å². The standard InChI is InChI=1S/C18H25N3O3/c1-3-9-19-17(23)13(2)20-18(24)15-7-4-6-14(11-15)12-21-10-5-8-16(21)22/h4,6-7,11,13H,3,5,8-10,12H2,1-2H3,(H,19,23)(H,20,24)/t13-/m1/s1. The zero-order chi connectivity index (χ0) is 17.5. The van der Waals surface area contributed by atoms with Crippen LogP contribution in [0.25, 0.3) is 0 Å². The van der Waals surface area contributed by atoms with Crippen LogP contribution in [0.15, 0.2) is 24.3 Å². The molecule has 0 radical (unpaired) electrons. The second kappa shape index (κ2) is 8.47. The fraction of sp³-hybridized carbons (Fsp3) is 0.500. The first-order chi connectivity index (χ1) is 11.5. The van der Waals surface area contributed by atoms with E-state index >= 15 is 0 Å². The summed E-state index contributed by atoms with van der Waals surface area (Å²) in [4.78, 5) is 37.7. The van der Waals surface area contributed by atoms with Crippen molar-refractivity contribution in [1.82, 2.24) is 15.5 Å². The van der Waals surface area contributed by atoms with Gasteiger partial charge in [0.05, 0.1) is 0 Å². The molecular formula is C18H25N3O3. The molecule has 24 heavy (non-hydrogen) atoms. The lowest BCUT2D eigenvalue weighted by molar-refractivity contribution is -0.128. The van der Waals surface area contributed by atoms with Crippen LogP contribution in [0.1, 0.15) is 49.0 Å². The molecule has 6 heteroatoms. The van der Waals surface area contributed by atoms with E-state index < -0.39 is 6.04 Å². The number of carbonyl (C=O) groups excluding carboxylic acids is 3. The van der Waals surface area contributed by atoms with Crippen molar-refractivity contribution in [3.63, 3.8) is 0 Å². The molecule has 1 saturated heterocycles. The van der Waals surface area contributed by atoms with Crippen LogP contribution in [0.4, 0.5) is 0 Å². The molecule has 1 aromatic carbocycles. The van der Waals surface area contributed by atoms with Crippen LogP contribution < -0.4 is 10.6 Å². The van der Waals surface area contributed by atoms with Crippen LogP contribution in [0, 0.1) is 0 Å². The van der Waals surface area contributed by atoms with Crippen LogP contribution in [0.5, 0.6) is 0 Å². The van der Waals surface area contributed by atoms with Crippen molar-refractivity contribution >= 4 is 17.7 Å². The summed E-state index contributed by atoms with van der Waals surface area (Å²) in [5.74, 6) is -0.321. The van der Waals surface area contributed by atoms with E-state index in [1.807, 2.05) is 13.0 Å². The summed E-state index contributed by atoms with van der Waals surface area (Å²) in [6.45, 7) is 5.52. The van der Waals surface area contributed by atoms with Gasteiger partial charge < -0.3 is 15.5 Å². The van der Waals surface area contributed by atoms with Crippen molar-refractivity contribution < 1.29 is 14.4 Å². The highest BCUT2D eigenvalue weighted by Crippen LogP contribution is 2.15. The number of carbonyl (C=O) groups is 3. The Morgan fingerprint density at radius 2 is 2.12 bits per heavy atom. The van der Waals surface area contributed by atoms with Crippen molar-refractivity contribution in [2.45, 2.75) is 45.7 Å². The van der Waals surface area contributed by atoms with E-state index in [0.29, 0.717) is 25.1 Å². The zero-order valence-electron chi connectivity index (χ0n) is 14.3. The van der Waals surface area contributed by atoms with E-state index in [-0.39, 0.29) is 17.7 Å². The molecule has 1 atom stereocenters. The van der Waals surface area contributed by atoms with E-state index in [9.17, 15) is 14.4 Å². The summed E-state index contributed by atoms with van der Waals surface area (Å²) in [5, 5.41) is 5.46. The van der Waals surface area contributed by atoms with Crippen molar-refractivity contribution in [2.24, 2.45) is 0 Å². The predicted octanol–water partition coefficient (Wildman–Crippen LogP) is 1.45. The Balaban J connectivity index is 1.95. The maximum absolute atomic E-state index is 12.3. The van der Waals surface area contributed by atoms with Crippen LogP contribution in [-0.4, -0.2) is 41.8 Å². The summed E-state index contributed by atoms with van der Waals surface area (Å²) in [7, 11) is 0. The fourth-order valence-corrected chi connectivity index (χ4v) is 2.65. The smallest absolute Gasteiger partial charge is 0.251 e. The Morgan fingerprint density at radius 3 is 2.79 bits per heavy atom. The molecule has 0 saturated carbocycles. The van der Waals surface area contributed by atoms with E-state index in [2.05, 4.69) is 10.6 Å². The molecule has 1 fully saturated rings. The molecule has 1 aromatic rings. The molecule has 130 valence electrons. The molecule has 0 aliphatic carbocycles. The van der Waals surface area contributed by atoms with Gasteiger partial charge in [-0.3, -0.25) is 14.4 Å². The first-order valence-corrected chi connectivity index (χ1v) is 8.46. The van der Waals surface area contributed by atoms with Gasteiger partial charge in [-0.25, -0.2) is 0 Å². The molecule has 2 rings (SSSR count). The van der Waals surface area contributed by atoms with Gasteiger partial charge in [0.2, 0.25) is 11.8 Å². The number of nitrogens with zero attached hydrogens (tertiary/aromatic N) is 1. The molecule has 1 aliphatic heterocycles. The fourth-order valence-electron chi connectivity index (χ4n) is 2.65. The van der Waals surface area contributed by atoms with E-state index in [1.54, 1.807) is 30.0 Å². The number of likely N-dealkylation sites (tertiary alicyclic amines) is 1. The third kappa shape index (κ3) is 4.81. The summed E-state index contributed by atoms with van der Waals surface area (Å²) in [6.07, 6.45) is 2.34. The number of nitrogens with one attached hydrogen (secondary N) is 2. The van der Waals surface area contributed by atoms with Gasteiger partial charge in [-0.15, -0.1) is 0 Å². The molecule has 1 aliphatic rings. The van der Waals surface area contributed by atoms with Crippen LogP contribution >= 0.6 is 0 Å². The number of hydrogen-bond donors (Lipinski definition) is 2. The van der Waals surface area contributed by atoms with Crippen molar-refractivity contribution in [1.29, 1.82) is 0 Å². The average molecular weight is 331 g/mol. The number of hydrogen-bond acceptors (Lipinski definition) is 3. The zero-order valence-corrected chi connectivity index (χ0v) is 14.3. The van der Waals surface area contributed by atoms with Gasteiger partial charge in [-0.1, -0.05) is 19.1 Å². The second-order valence-electron chi connectivity index (χ2n) is 6.11. The Labute approximate surface area is 142 Å². The van der Waals surface area contributed by atoms with Gasteiger partial charge in [0, 0.05) is 31.6 Å². The second-order valence-corrected chi connectivity index (χ2v) is 6.11. The van der Waals surface area contributed by atoms with Gasteiger partial charge in [0.15, 0.2) is 0 Å². The maximum atomic E-state index is 12.3. The molecule has 3 amide bonds. The minimum Gasteiger partial charge on any atom is -0.354 e. The van der Waals surface area contributed by atoms with Crippen molar-refractivity contribution in [3.8, 4) is 0 Å². The van der Waals surface area contributed by atoms with Gasteiger partial charge >= 0.3 is 0 Å². The summed E-state index contributed by atoms with van der Waals surface area (Å²) in [5.41, 5.74) is 1.41. The van der Waals surface area contributed by atoms with E-state index in [0.717, 1.165) is 24.9 Å². The number of benzene rings is 1. The minimum absolute atomic E-state index is 0.158. The van der Waals surface area contributed by atoms with Crippen molar-refractivity contribution in [2.75, 3.05) is 13.1 Å². The van der Waals surface area contributed by atoms with E-state index in [4.69, 9.17) is 0 Å². The van der Waals surface area contributed by atoms with Crippen LogP contribution in [-0.2, 0) is 16.1 Å². The Hall–Kier alpha value is -2.37. The number of rotatable bonds is 7. The van der Waals surface area contributed by atoms with Crippen LogP contribution in [0.3, 0.4) is 0 Å². The lowest BCUT2D eigenvalue weighted by Crippen LogP contribution is -2.45. The van der Waals surface area contributed by atoms with Gasteiger partial charge in [-0.05, 0) is 37.5 Å². The first kappa shape index (κ1) is 18.0. The van der Waals surface area contributed by atoms with Gasteiger partial charge in [-0.2, -0.15) is 0 Å². The Kier molecular flexibility index (Phi) is 6.35. The molecular weight excluding hydrogens is 306 g/mol. The maximum Gasteiger partial charge on any atom is 0.251 e. The molecule has 6 nitrogen and oxygen atoms in total. The third-order valence-corrected chi connectivity index (χ3v) is 4.02. The predicted molar refractivity (Wildman–Crippen MR) is 91.3 cm³/mol. The third-order valence-electron chi connectivity index (χ3n) is 4.02. The summed E-state index contributed by atoms with van der Waals surface area (Å²) >= 11 is 0. The van der Waals surface area contributed by atoms with Gasteiger partial charge in [0.25, 0.3) is 5.91 Å². The molecule has 2 N–H and O–H groups in total. The Morgan fingerprint density at radius 1 is 1.33 bits per heavy atom. The molecule has 0 spiro atoms. The lowest BCUT2D eigenvalue weighted by atomic mass is 10.1. The highest BCUT2D eigenvalue weighted by molar-refractivity contribution is 5.97. The van der Waals surface area contributed by atoms with Crippen LogP contribution in [0.2, 0.25) is 0 Å². The Bertz CT molecular complexity index is 615. The highest BCUT2D eigenvalue weighted by Gasteiger charge is 2.21. The molecule has 0 aromatic heterocycles. The molecule has 0 unspecified atom stereocenters. The average Bonchev–Trinajstić information content (AvgIpc) is 2.97. The summed E-state index contributed by atoms with van der Waals surface area (Å²) < 4.78 is 0.